The van der Waals surface area contributed by atoms with Crippen molar-refractivity contribution in [3.63, 3.8) is 0 Å². The number of carboxylic acid groups (broad SMARTS) is 1. The van der Waals surface area contributed by atoms with Gasteiger partial charge in [0.05, 0.1) is 13.0 Å². The summed E-state index contributed by atoms with van der Waals surface area (Å²) >= 11 is 3.66. The molecule has 46 heavy (non-hydrogen) atoms. The lowest BCUT2D eigenvalue weighted by molar-refractivity contribution is -0.942. The zero-order valence-electron chi connectivity index (χ0n) is 27.3. The molecule has 6 rings (SSSR count). The zero-order valence-corrected chi connectivity index (χ0v) is 28.9. The van der Waals surface area contributed by atoms with Crippen LogP contribution in [0.25, 0.3) is 0 Å². The minimum Gasteiger partial charge on any atom is -0.435 e. The van der Waals surface area contributed by atoms with Crippen LogP contribution >= 0.6 is 15.9 Å². The van der Waals surface area contributed by atoms with Crippen molar-refractivity contribution < 1.29 is 24.0 Å². The summed E-state index contributed by atoms with van der Waals surface area (Å²) in [7, 11) is 2.20. The first-order valence-electron chi connectivity index (χ1n) is 17.0. The number of piperidine rings is 3. The predicted octanol–water partition coefficient (Wildman–Crippen LogP) is 6.34. The van der Waals surface area contributed by atoms with Gasteiger partial charge in [-0.3, -0.25) is 4.90 Å². The second kappa shape index (κ2) is 13.7. The Bertz CT molecular complexity index is 1440. The van der Waals surface area contributed by atoms with E-state index in [2.05, 4.69) is 44.2 Å². The van der Waals surface area contributed by atoms with Gasteiger partial charge >= 0.3 is 12.1 Å². The lowest BCUT2D eigenvalue weighted by Crippen LogP contribution is -2.78. The summed E-state index contributed by atoms with van der Waals surface area (Å²) in [6.45, 7) is 6.99. The third kappa shape index (κ3) is 6.25. The van der Waals surface area contributed by atoms with Crippen LogP contribution in [-0.4, -0.2) is 101 Å². The standard InChI is InChI=1S/C36H48BrN5O4/c1-26-7-8-27(23-32(26)37)25-42(35(45)46)21-14-31(41-20-13-30-5-3-4-6-33(30)38-34(41)44)24-36(42,15-22-43)40-18-11-29(12-19-40)28-9-16-39(2)17-10-28/h3-8,22-23,28-29,31H,9-21,24-25H2,1-2H3,(H-,38,44,45,46)/p+1/t31?,36?,42-/m0/s1. The van der Waals surface area contributed by atoms with Gasteiger partial charge in [-0.05, 0) is 94.3 Å². The first-order valence-corrected chi connectivity index (χ1v) is 17.8. The van der Waals surface area contributed by atoms with Crippen LogP contribution in [0.1, 0.15) is 61.6 Å². The highest BCUT2D eigenvalue weighted by Gasteiger charge is 2.64. The maximum atomic E-state index is 13.8. The predicted molar refractivity (Wildman–Crippen MR) is 183 cm³/mol. The molecule has 2 unspecified atom stereocenters. The number of quaternary nitrogens is 1. The number of anilines is 1. The molecule has 0 saturated carbocycles. The minimum atomic E-state index is -0.981. The van der Waals surface area contributed by atoms with Gasteiger partial charge in [-0.15, -0.1) is 0 Å². The number of benzene rings is 2. The van der Waals surface area contributed by atoms with E-state index >= 15 is 0 Å². The van der Waals surface area contributed by atoms with E-state index in [4.69, 9.17) is 0 Å². The summed E-state index contributed by atoms with van der Waals surface area (Å²) in [6, 6.07) is 13.7. The Hall–Kier alpha value is -2.79. The van der Waals surface area contributed by atoms with Crippen molar-refractivity contribution >= 4 is 40.0 Å². The van der Waals surface area contributed by atoms with E-state index in [1.54, 1.807) is 0 Å². The van der Waals surface area contributed by atoms with Gasteiger partial charge in [-0.2, -0.15) is 4.79 Å². The van der Waals surface area contributed by atoms with Crippen LogP contribution < -0.4 is 5.32 Å². The molecule has 9 nitrogen and oxygen atoms in total. The molecular formula is C36H49BrN5O4+. The molecule has 4 aliphatic rings. The third-order valence-electron chi connectivity index (χ3n) is 11.8. The highest BCUT2D eigenvalue weighted by Crippen LogP contribution is 2.47. The van der Waals surface area contributed by atoms with Crippen LogP contribution in [0.4, 0.5) is 15.3 Å². The number of urea groups is 1. The number of carbonyl (C=O) groups excluding carboxylic acids is 2. The number of rotatable bonds is 7. The Labute approximate surface area is 281 Å². The zero-order chi connectivity index (χ0) is 32.5. The van der Waals surface area contributed by atoms with Crippen molar-refractivity contribution in [1.82, 2.24) is 14.7 Å². The molecule has 2 aromatic rings. The van der Waals surface area contributed by atoms with Gasteiger partial charge in [-0.25, -0.2) is 9.28 Å². The monoisotopic (exact) mass is 694 g/mol. The Morgan fingerprint density at radius 2 is 1.74 bits per heavy atom. The van der Waals surface area contributed by atoms with Crippen LogP contribution in [0.3, 0.4) is 0 Å². The first-order chi connectivity index (χ1) is 22.2. The van der Waals surface area contributed by atoms with Crippen molar-refractivity contribution in [3.05, 3.63) is 63.6 Å². The van der Waals surface area contributed by atoms with Gasteiger partial charge in [0.25, 0.3) is 0 Å². The molecule has 0 radical (unpaired) electrons. The lowest BCUT2D eigenvalue weighted by Gasteiger charge is -2.59. The van der Waals surface area contributed by atoms with E-state index in [9.17, 15) is 19.5 Å². The van der Waals surface area contributed by atoms with Crippen molar-refractivity contribution in [2.45, 2.75) is 76.5 Å². The van der Waals surface area contributed by atoms with Gasteiger partial charge in [0, 0.05) is 54.2 Å². The maximum Gasteiger partial charge on any atom is 0.515 e. The van der Waals surface area contributed by atoms with Crippen LogP contribution in [0, 0.1) is 18.8 Å². The van der Waals surface area contributed by atoms with Crippen LogP contribution in [0.2, 0.25) is 0 Å². The molecule has 3 fully saturated rings. The van der Waals surface area contributed by atoms with E-state index in [0.717, 1.165) is 78.6 Å². The first kappa shape index (κ1) is 33.1. The van der Waals surface area contributed by atoms with Crippen molar-refractivity contribution in [1.29, 1.82) is 0 Å². The summed E-state index contributed by atoms with van der Waals surface area (Å²) < 4.78 is 0.718. The maximum absolute atomic E-state index is 13.8. The van der Waals surface area contributed by atoms with E-state index in [1.165, 1.54) is 12.8 Å². The Kier molecular flexibility index (Phi) is 9.90. The second-order valence-corrected chi connectivity index (χ2v) is 15.1. The summed E-state index contributed by atoms with van der Waals surface area (Å²) in [5.74, 6) is 1.32. The number of aryl methyl sites for hydroxylation is 1. The third-order valence-corrected chi connectivity index (χ3v) is 12.7. The smallest absolute Gasteiger partial charge is 0.435 e. The summed E-state index contributed by atoms with van der Waals surface area (Å²) in [5.41, 5.74) is 2.97. The quantitative estimate of drug-likeness (QED) is 0.260. The lowest BCUT2D eigenvalue weighted by atomic mass is 9.76. The number of hydrogen-bond acceptors (Lipinski definition) is 5. The van der Waals surface area contributed by atoms with Gasteiger partial charge in [0.1, 0.15) is 12.8 Å². The highest BCUT2D eigenvalue weighted by molar-refractivity contribution is 9.10. The Balaban J connectivity index is 1.35. The molecule has 0 aromatic heterocycles. The molecular weight excluding hydrogens is 646 g/mol. The molecule has 248 valence electrons. The van der Waals surface area contributed by atoms with Crippen LogP contribution in [-0.2, 0) is 17.8 Å². The number of likely N-dealkylation sites (tertiary alicyclic amines) is 3. The van der Waals surface area contributed by atoms with Gasteiger partial charge in [0.2, 0.25) is 0 Å². The molecule has 0 aliphatic carbocycles. The molecule has 0 bridgehead atoms. The summed E-state index contributed by atoms with van der Waals surface area (Å²) in [6.07, 6.45) is 6.31. The van der Waals surface area contributed by atoms with Crippen LogP contribution in [0.15, 0.2) is 46.9 Å². The Morgan fingerprint density at radius 3 is 2.41 bits per heavy atom. The summed E-state index contributed by atoms with van der Waals surface area (Å²) in [4.78, 5) is 46.9. The average molecular weight is 696 g/mol. The molecule has 3 saturated heterocycles. The average Bonchev–Trinajstić information content (AvgIpc) is 3.22. The van der Waals surface area contributed by atoms with E-state index in [0.29, 0.717) is 37.8 Å². The molecule has 2 N–H and O–H groups in total. The number of halogens is 1. The molecule has 3 atom stereocenters. The van der Waals surface area contributed by atoms with Gasteiger partial charge in [0.15, 0.2) is 5.66 Å². The van der Waals surface area contributed by atoms with E-state index in [-0.39, 0.29) is 29.5 Å². The second-order valence-electron chi connectivity index (χ2n) is 14.2. The molecule has 10 heteroatoms. The van der Waals surface area contributed by atoms with Crippen molar-refractivity contribution in [2.24, 2.45) is 11.8 Å². The minimum absolute atomic E-state index is 0.109. The number of aldehydes is 1. The van der Waals surface area contributed by atoms with Crippen molar-refractivity contribution in [2.75, 3.05) is 51.6 Å². The molecule has 0 spiro atoms. The molecule has 2 aromatic carbocycles. The number of fused-ring (bicyclic) bond motifs is 1. The fourth-order valence-electron chi connectivity index (χ4n) is 9.06. The van der Waals surface area contributed by atoms with Gasteiger partial charge in [-0.1, -0.05) is 46.3 Å². The van der Waals surface area contributed by atoms with E-state index < -0.39 is 11.8 Å². The number of carbonyl (C=O) groups is 3. The number of nitrogens with one attached hydrogen (secondary N) is 1. The molecule has 4 heterocycles. The molecule has 4 aliphatic heterocycles. The number of hydrogen-bond donors (Lipinski definition) is 2. The van der Waals surface area contributed by atoms with Crippen molar-refractivity contribution in [3.8, 4) is 0 Å². The topological polar surface area (TPSA) is 93.2 Å². The van der Waals surface area contributed by atoms with Gasteiger partial charge < -0.3 is 25.0 Å². The number of amides is 3. The molecule has 3 amide bonds. The Morgan fingerprint density at radius 1 is 1.04 bits per heavy atom. The number of para-hydroxylation sites is 1. The van der Waals surface area contributed by atoms with E-state index in [1.807, 2.05) is 48.2 Å². The van der Waals surface area contributed by atoms with Crippen LogP contribution in [0.5, 0.6) is 0 Å². The largest absolute Gasteiger partial charge is 0.515 e. The fourth-order valence-corrected chi connectivity index (χ4v) is 9.48. The summed E-state index contributed by atoms with van der Waals surface area (Å²) in [5, 5.41) is 14.4. The SMILES string of the molecule is Cc1ccc(C[N@+]2(C(=O)O)CCC(N3CCc4ccccc4NC3=O)CC2(CC=O)N2CCC(C3CCN(C)CC3)CC2)cc1Br. The fraction of sp³-hybridized carbons (Fsp3) is 0.583. The highest BCUT2D eigenvalue weighted by atomic mass is 79.9. The number of nitrogens with zero attached hydrogens (tertiary/aromatic N) is 4. The normalized spacial score (nSPS) is 28.7.